The van der Waals surface area contributed by atoms with Crippen LogP contribution in [0, 0.1) is 23.7 Å². The van der Waals surface area contributed by atoms with Crippen LogP contribution >= 0.6 is 0 Å². The Bertz CT molecular complexity index is 2940. The van der Waals surface area contributed by atoms with E-state index in [4.69, 9.17) is 0 Å². The van der Waals surface area contributed by atoms with E-state index >= 15 is 0 Å². The van der Waals surface area contributed by atoms with Gasteiger partial charge in [0.2, 0.25) is 0 Å². The monoisotopic (exact) mass is 800 g/mol. The number of aromatic nitrogens is 1. The highest BCUT2D eigenvalue weighted by Crippen LogP contribution is 2.69. The third-order valence-electron chi connectivity index (χ3n) is 15.7. The van der Waals surface area contributed by atoms with E-state index in [-0.39, 0.29) is 5.41 Å². The molecule has 0 amide bonds. The van der Waals surface area contributed by atoms with Crippen LogP contribution in [0.3, 0.4) is 0 Å². The lowest BCUT2D eigenvalue weighted by atomic mass is 9.41. The highest BCUT2D eigenvalue weighted by molar-refractivity contribution is 7.19. The van der Waals surface area contributed by atoms with Gasteiger partial charge in [0.1, 0.15) is 0 Å². The van der Waals surface area contributed by atoms with Crippen LogP contribution in [0.15, 0.2) is 206 Å². The first-order chi connectivity index (χ1) is 30.2. The Morgan fingerprint density at radius 1 is 0.377 bits per heavy atom. The Kier molecular flexibility index (Phi) is 7.85. The number of hydrogen-bond acceptors (Lipinski definition) is 1. The molecular weight excluding hydrogens is 753 g/mol. The molecule has 1 spiro atoms. The second-order valence-electron chi connectivity index (χ2n) is 18.5. The number of fused-ring (bicyclic) bond motifs is 5. The van der Waals surface area contributed by atoms with Gasteiger partial charge in [-0.05, 0) is 136 Å². The van der Waals surface area contributed by atoms with Crippen LogP contribution < -0.4 is 25.6 Å². The summed E-state index contributed by atoms with van der Waals surface area (Å²) in [7, 11) is -2.72. The van der Waals surface area contributed by atoms with Gasteiger partial charge in [0.05, 0.1) is 22.4 Å². The lowest BCUT2D eigenvalue weighted by molar-refractivity contribution is -0.0419. The number of para-hydroxylation sites is 3. The molecule has 9 aromatic rings. The number of anilines is 3. The summed E-state index contributed by atoms with van der Waals surface area (Å²) < 4.78 is 2.51. The summed E-state index contributed by atoms with van der Waals surface area (Å²) in [6.45, 7) is 0. The Hall–Kier alpha value is -6.42. The summed E-state index contributed by atoms with van der Waals surface area (Å²) in [6.07, 6.45) is 7.00. The Morgan fingerprint density at radius 2 is 0.869 bits per heavy atom. The lowest BCUT2D eigenvalue weighted by Gasteiger charge is -2.64. The Morgan fingerprint density at radius 3 is 1.46 bits per heavy atom. The summed E-state index contributed by atoms with van der Waals surface area (Å²) in [4.78, 5) is 2.60. The quantitative estimate of drug-likeness (QED) is 0.120. The van der Waals surface area contributed by atoms with Crippen LogP contribution in [0.1, 0.15) is 43.2 Å². The van der Waals surface area contributed by atoms with Gasteiger partial charge in [-0.25, -0.2) is 0 Å². The molecule has 4 fully saturated rings. The van der Waals surface area contributed by atoms with Crippen LogP contribution in [0.5, 0.6) is 0 Å². The zero-order valence-electron chi connectivity index (χ0n) is 34.4. The zero-order valence-corrected chi connectivity index (χ0v) is 35.4. The standard InChI is InChI=1S/C58H48N2Si/c1-4-18-46(19-5-1)61(47-20-6-2-7-21-47,48-22-8-3-9-23-48)49-24-16-17-44(38-49)59-54-28-13-10-25-50(54)51-39-45(31-32-55(51)59)60-56-29-14-11-26-52(56)58(53-27-12-15-30-57(53)60)42-34-40-33-41(36-42)37-43(58)35-40/h1-32,38-43H,33-37H2. The Labute approximate surface area is 359 Å². The highest BCUT2D eigenvalue weighted by atomic mass is 28.3. The van der Waals surface area contributed by atoms with E-state index in [0.29, 0.717) is 0 Å². The van der Waals surface area contributed by atoms with Crippen LogP contribution in [0.4, 0.5) is 17.1 Å². The molecule has 1 aromatic heterocycles. The van der Waals surface area contributed by atoms with Crippen molar-refractivity contribution in [2.24, 2.45) is 23.7 Å². The van der Waals surface area contributed by atoms with Gasteiger partial charge in [-0.2, -0.15) is 0 Å². The number of nitrogens with zero attached hydrogens (tertiary/aromatic N) is 2. The lowest BCUT2D eigenvalue weighted by Crippen LogP contribution is -2.74. The molecule has 4 bridgehead atoms. The van der Waals surface area contributed by atoms with Crippen LogP contribution in [0.2, 0.25) is 0 Å². The minimum Gasteiger partial charge on any atom is -0.310 e. The van der Waals surface area contributed by atoms with Crippen molar-refractivity contribution in [1.29, 1.82) is 0 Å². The molecule has 0 N–H and O–H groups in total. The van der Waals surface area contributed by atoms with Crippen LogP contribution in [0.25, 0.3) is 27.5 Å². The van der Waals surface area contributed by atoms with Gasteiger partial charge in [-0.1, -0.05) is 158 Å². The van der Waals surface area contributed by atoms with Crippen molar-refractivity contribution in [3.8, 4) is 5.69 Å². The Balaban J connectivity index is 1.00. The minimum atomic E-state index is -2.72. The molecule has 8 aromatic carbocycles. The van der Waals surface area contributed by atoms with E-state index in [1.807, 2.05) is 0 Å². The number of benzene rings is 8. The van der Waals surface area contributed by atoms with Crippen LogP contribution in [-0.4, -0.2) is 12.6 Å². The van der Waals surface area contributed by atoms with Crippen molar-refractivity contribution in [2.75, 3.05) is 4.90 Å². The molecule has 1 aliphatic heterocycles. The smallest absolute Gasteiger partial charge is 0.179 e. The maximum absolute atomic E-state index is 2.72. The third-order valence-corrected chi connectivity index (χ3v) is 20.5. The molecule has 2 nitrogen and oxygen atoms in total. The van der Waals surface area contributed by atoms with E-state index < -0.39 is 8.07 Å². The normalized spacial score (nSPS) is 20.9. The molecule has 61 heavy (non-hydrogen) atoms. The molecule has 3 heteroatoms. The molecular formula is C58H48N2Si. The topological polar surface area (TPSA) is 8.17 Å². The van der Waals surface area contributed by atoms with Crippen molar-refractivity contribution in [1.82, 2.24) is 4.57 Å². The maximum atomic E-state index is 2.60. The molecule has 5 aliphatic rings. The van der Waals surface area contributed by atoms with Gasteiger partial charge in [0, 0.05) is 27.6 Å². The average Bonchev–Trinajstić information content (AvgIpc) is 3.65. The van der Waals surface area contributed by atoms with E-state index in [1.54, 1.807) is 11.1 Å². The fraction of sp³-hybridized carbons (Fsp3) is 0.172. The first-order valence-corrected chi connectivity index (χ1v) is 24.5. The first-order valence-electron chi connectivity index (χ1n) is 22.5. The van der Waals surface area contributed by atoms with Crippen molar-refractivity contribution < 1.29 is 0 Å². The average molecular weight is 801 g/mol. The largest absolute Gasteiger partial charge is 0.310 e. The van der Waals surface area contributed by atoms with E-state index in [9.17, 15) is 0 Å². The van der Waals surface area contributed by atoms with Crippen LogP contribution in [-0.2, 0) is 5.41 Å². The number of hydrogen-bond donors (Lipinski definition) is 0. The summed E-state index contributed by atoms with van der Waals surface area (Å²) in [6, 6.07) is 78.5. The van der Waals surface area contributed by atoms with E-state index in [2.05, 4.69) is 216 Å². The molecule has 4 saturated carbocycles. The maximum Gasteiger partial charge on any atom is 0.179 e. The summed E-state index contributed by atoms with van der Waals surface area (Å²) in [5.41, 5.74) is 10.8. The van der Waals surface area contributed by atoms with Gasteiger partial charge >= 0.3 is 0 Å². The predicted octanol–water partition coefficient (Wildman–Crippen LogP) is 11.7. The second-order valence-corrected chi connectivity index (χ2v) is 22.3. The van der Waals surface area contributed by atoms with Crippen molar-refractivity contribution in [3.05, 3.63) is 217 Å². The van der Waals surface area contributed by atoms with Crippen molar-refractivity contribution in [3.63, 3.8) is 0 Å². The number of rotatable bonds is 6. The second kappa shape index (κ2) is 13.5. The van der Waals surface area contributed by atoms with Gasteiger partial charge in [-0.15, -0.1) is 0 Å². The molecule has 0 unspecified atom stereocenters. The minimum absolute atomic E-state index is 0.0973. The van der Waals surface area contributed by atoms with Gasteiger partial charge in [0.15, 0.2) is 8.07 Å². The van der Waals surface area contributed by atoms with E-state index in [0.717, 1.165) is 23.7 Å². The van der Waals surface area contributed by atoms with Crippen molar-refractivity contribution in [2.45, 2.75) is 37.5 Å². The first kappa shape index (κ1) is 35.3. The zero-order chi connectivity index (χ0) is 40.1. The van der Waals surface area contributed by atoms with Gasteiger partial charge < -0.3 is 9.47 Å². The predicted molar refractivity (Wildman–Crippen MR) is 257 cm³/mol. The summed E-state index contributed by atoms with van der Waals surface area (Å²) in [5, 5.41) is 8.08. The molecule has 0 saturated heterocycles. The highest BCUT2D eigenvalue weighted by Gasteiger charge is 2.61. The molecule has 0 atom stereocenters. The third kappa shape index (κ3) is 4.96. The summed E-state index contributed by atoms with van der Waals surface area (Å²) >= 11 is 0. The van der Waals surface area contributed by atoms with E-state index in [1.165, 1.54) is 97.4 Å². The molecule has 0 radical (unpaired) electrons. The summed E-state index contributed by atoms with van der Waals surface area (Å²) in [5.74, 6) is 3.27. The van der Waals surface area contributed by atoms with Gasteiger partial charge in [0.25, 0.3) is 0 Å². The molecule has 294 valence electrons. The fourth-order valence-corrected chi connectivity index (χ4v) is 18.5. The SMILES string of the molecule is c1ccc([Si](c2ccccc2)(c2ccccc2)c2cccc(-n3c4ccccc4c4cc(N5c6ccccc6C6(c7ccccc75)C5CC7CC(C5)CC6C7)ccc43)c2)cc1. The molecule has 14 rings (SSSR count). The van der Waals surface area contributed by atoms with Gasteiger partial charge in [-0.3, -0.25) is 0 Å². The fourth-order valence-electron chi connectivity index (χ4n) is 13.7. The molecule has 2 heterocycles. The molecule has 4 aliphatic carbocycles. The van der Waals surface area contributed by atoms with Crippen molar-refractivity contribution >= 4 is 67.7 Å².